The van der Waals surface area contributed by atoms with Crippen LogP contribution in [0.2, 0.25) is 0 Å². The summed E-state index contributed by atoms with van der Waals surface area (Å²) in [6.45, 7) is 4.43. The van der Waals surface area contributed by atoms with Crippen molar-refractivity contribution >= 4 is 23.2 Å². The van der Waals surface area contributed by atoms with Crippen LogP contribution < -0.4 is 5.32 Å². The molecule has 1 saturated carbocycles. The summed E-state index contributed by atoms with van der Waals surface area (Å²) in [4.78, 5) is 25.1. The fourth-order valence-electron chi connectivity index (χ4n) is 3.45. The van der Waals surface area contributed by atoms with Gasteiger partial charge in [0.2, 0.25) is 11.6 Å². The van der Waals surface area contributed by atoms with E-state index in [0.29, 0.717) is 23.0 Å². The molecule has 0 radical (unpaired) electrons. The predicted octanol–water partition coefficient (Wildman–Crippen LogP) is 3.93. The lowest BCUT2D eigenvalue weighted by atomic mass is 9.77. The summed E-state index contributed by atoms with van der Waals surface area (Å²) in [5.41, 5.74) is 1.11. The molecule has 0 saturated heterocycles. The highest BCUT2D eigenvalue weighted by Gasteiger charge is 2.34. The first-order valence-corrected chi connectivity index (χ1v) is 8.23. The molecule has 1 aromatic rings. The van der Waals surface area contributed by atoms with Crippen LogP contribution in [0, 0.1) is 11.8 Å². The zero-order chi connectivity index (χ0) is 15.9. The molecule has 2 aliphatic carbocycles. The Labute approximate surface area is 135 Å². The summed E-state index contributed by atoms with van der Waals surface area (Å²) in [5, 5.41) is 3.31. The average Bonchev–Trinajstić information content (AvgIpc) is 2.53. The number of rotatable bonds is 2. The third-order valence-electron chi connectivity index (χ3n) is 5.10. The average molecular weight is 318 g/mol. The number of hydrogen-bond acceptors (Lipinski definition) is 3. The molecule has 0 spiro atoms. The normalized spacial score (nSPS) is 28.6. The summed E-state index contributed by atoms with van der Waals surface area (Å²) >= 11 is 6.21. The molecule has 0 unspecified atom stereocenters. The Hall–Kier alpha value is -1.61. The first kappa shape index (κ1) is 15.3. The third kappa shape index (κ3) is 2.48. The number of hydrogen-bond donors (Lipinski definition) is 1. The van der Waals surface area contributed by atoms with Gasteiger partial charge in [-0.3, -0.25) is 9.59 Å². The van der Waals surface area contributed by atoms with Crippen molar-refractivity contribution in [3.63, 3.8) is 0 Å². The quantitative estimate of drug-likeness (QED) is 0.899. The lowest BCUT2D eigenvalue weighted by Crippen LogP contribution is -2.43. The van der Waals surface area contributed by atoms with Crippen molar-refractivity contribution in [3.8, 4) is 0 Å². The number of benzene rings is 1. The molecule has 0 amide bonds. The van der Waals surface area contributed by atoms with Gasteiger partial charge in [-0.05, 0) is 18.3 Å². The van der Waals surface area contributed by atoms with Gasteiger partial charge in [0, 0.05) is 17.2 Å². The molecule has 1 fully saturated rings. The van der Waals surface area contributed by atoms with E-state index in [1.54, 1.807) is 24.3 Å². The minimum Gasteiger partial charge on any atom is -0.378 e. The highest BCUT2D eigenvalue weighted by atomic mass is 35.5. The Balaban J connectivity index is 1.92. The molecule has 1 N–H and O–H groups in total. The van der Waals surface area contributed by atoms with E-state index in [0.717, 1.165) is 12.8 Å². The first-order valence-electron chi connectivity index (χ1n) is 7.85. The van der Waals surface area contributed by atoms with Crippen molar-refractivity contribution in [1.29, 1.82) is 0 Å². The minimum atomic E-state index is -0.268. The van der Waals surface area contributed by atoms with Crippen molar-refractivity contribution < 1.29 is 9.59 Å². The van der Waals surface area contributed by atoms with Gasteiger partial charge in [0.25, 0.3) is 0 Å². The number of fused-ring (bicyclic) bond motifs is 1. The van der Waals surface area contributed by atoms with Gasteiger partial charge in [0.05, 0.1) is 0 Å². The molecule has 3 rings (SSSR count). The zero-order valence-electron chi connectivity index (χ0n) is 12.9. The molecule has 2 aliphatic rings. The van der Waals surface area contributed by atoms with Crippen LogP contribution in [-0.4, -0.2) is 17.6 Å². The van der Waals surface area contributed by atoms with Crippen LogP contribution in [-0.2, 0) is 0 Å². The second kappa shape index (κ2) is 5.88. The van der Waals surface area contributed by atoms with Crippen LogP contribution in [0.5, 0.6) is 0 Å². The second-order valence-electron chi connectivity index (χ2n) is 6.41. The van der Waals surface area contributed by atoms with Gasteiger partial charge in [0.1, 0.15) is 10.7 Å². The highest BCUT2D eigenvalue weighted by molar-refractivity contribution is 6.49. The number of nitrogens with one attached hydrogen (secondary N) is 1. The Morgan fingerprint density at radius 1 is 1.05 bits per heavy atom. The van der Waals surface area contributed by atoms with Gasteiger partial charge in [-0.25, -0.2) is 0 Å². The van der Waals surface area contributed by atoms with E-state index in [1.165, 1.54) is 6.42 Å². The Kier molecular flexibility index (Phi) is 4.09. The van der Waals surface area contributed by atoms with Crippen LogP contribution in [0.3, 0.4) is 0 Å². The van der Waals surface area contributed by atoms with Crippen LogP contribution in [0.1, 0.15) is 53.8 Å². The summed E-state index contributed by atoms with van der Waals surface area (Å²) in [6.07, 6.45) is 3.34. The van der Waals surface area contributed by atoms with Crippen LogP contribution in [0.4, 0.5) is 0 Å². The maximum Gasteiger partial charge on any atom is 0.211 e. The number of halogens is 1. The van der Waals surface area contributed by atoms with E-state index < -0.39 is 0 Å². The lowest BCUT2D eigenvalue weighted by molar-refractivity contribution is 0.0966. The van der Waals surface area contributed by atoms with E-state index in [2.05, 4.69) is 19.2 Å². The molecule has 116 valence electrons. The molecule has 0 bridgehead atoms. The largest absolute Gasteiger partial charge is 0.378 e. The molecular formula is C18H20ClNO2. The molecule has 3 atom stereocenters. The lowest BCUT2D eigenvalue weighted by Gasteiger charge is -2.36. The van der Waals surface area contributed by atoms with E-state index in [9.17, 15) is 9.59 Å². The van der Waals surface area contributed by atoms with Crippen LogP contribution in [0.15, 0.2) is 35.0 Å². The Bertz CT molecular complexity index is 665. The fourth-order valence-corrected chi connectivity index (χ4v) is 3.69. The summed E-state index contributed by atoms with van der Waals surface area (Å²) in [7, 11) is 0. The Morgan fingerprint density at radius 3 is 2.36 bits per heavy atom. The predicted molar refractivity (Wildman–Crippen MR) is 87.1 cm³/mol. The van der Waals surface area contributed by atoms with Gasteiger partial charge in [0.15, 0.2) is 0 Å². The second-order valence-corrected chi connectivity index (χ2v) is 6.79. The summed E-state index contributed by atoms with van der Waals surface area (Å²) in [6, 6.07) is 7.05. The minimum absolute atomic E-state index is 0.0223. The first-order chi connectivity index (χ1) is 10.5. The zero-order valence-corrected chi connectivity index (χ0v) is 13.6. The Morgan fingerprint density at radius 2 is 1.68 bits per heavy atom. The molecule has 1 aromatic carbocycles. The number of carbonyl (C=O) groups excluding carboxylic acids is 2. The maximum absolute atomic E-state index is 12.7. The topological polar surface area (TPSA) is 46.2 Å². The molecule has 3 nitrogen and oxygen atoms in total. The standard InChI is InChI=1S/C18H20ClNO2/c1-10-6-5-9-14(11(10)2)20-16-15(19)17(21)12-7-3-4-8-13(12)18(16)22/h3-4,7-8,10-11,14,20H,5-6,9H2,1-2H3/t10-,11-,14-/m1/s1. The van der Waals surface area contributed by atoms with Gasteiger partial charge in [-0.15, -0.1) is 0 Å². The summed E-state index contributed by atoms with van der Waals surface area (Å²) < 4.78 is 0. The summed E-state index contributed by atoms with van der Waals surface area (Å²) in [5.74, 6) is 0.611. The van der Waals surface area contributed by atoms with Crippen molar-refractivity contribution in [3.05, 3.63) is 46.1 Å². The monoisotopic (exact) mass is 317 g/mol. The molecular weight excluding hydrogens is 298 g/mol. The number of ketones is 2. The van der Waals surface area contributed by atoms with E-state index in [4.69, 9.17) is 11.6 Å². The molecule has 4 heteroatoms. The van der Waals surface area contributed by atoms with Crippen molar-refractivity contribution in [2.24, 2.45) is 11.8 Å². The van der Waals surface area contributed by atoms with E-state index in [-0.39, 0.29) is 28.3 Å². The van der Waals surface area contributed by atoms with Crippen molar-refractivity contribution in [2.45, 2.75) is 39.2 Å². The molecule has 0 heterocycles. The van der Waals surface area contributed by atoms with Gasteiger partial charge in [-0.1, -0.05) is 62.6 Å². The van der Waals surface area contributed by atoms with Gasteiger partial charge in [-0.2, -0.15) is 0 Å². The van der Waals surface area contributed by atoms with Gasteiger partial charge < -0.3 is 5.32 Å². The van der Waals surface area contributed by atoms with Crippen molar-refractivity contribution in [2.75, 3.05) is 0 Å². The molecule has 0 aromatic heterocycles. The van der Waals surface area contributed by atoms with Crippen LogP contribution in [0.25, 0.3) is 0 Å². The van der Waals surface area contributed by atoms with Crippen LogP contribution >= 0.6 is 11.6 Å². The third-order valence-corrected chi connectivity index (χ3v) is 5.46. The smallest absolute Gasteiger partial charge is 0.211 e. The van der Waals surface area contributed by atoms with E-state index in [1.807, 2.05) is 0 Å². The van der Waals surface area contributed by atoms with Gasteiger partial charge >= 0.3 is 0 Å². The fraction of sp³-hybridized carbons (Fsp3) is 0.444. The van der Waals surface area contributed by atoms with Crippen molar-refractivity contribution in [1.82, 2.24) is 5.32 Å². The van der Waals surface area contributed by atoms with E-state index >= 15 is 0 Å². The SMILES string of the molecule is C[C@@H]1[C@H](C)CCC[C@H]1NC1=C(Cl)C(=O)c2ccccc2C1=O. The number of allylic oxidation sites excluding steroid dienone is 2. The molecule has 0 aliphatic heterocycles. The maximum atomic E-state index is 12.7. The molecule has 22 heavy (non-hydrogen) atoms. The highest BCUT2D eigenvalue weighted by Crippen LogP contribution is 2.33. The number of carbonyl (C=O) groups is 2. The number of Topliss-reactive ketones (excluding diaryl/α,β-unsaturated/α-hetero) is 2.